The van der Waals surface area contributed by atoms with Crippen molar-refractivity contribution in [3.05, 3.63) is 40.6 Å². The first-order valence-corrected chi connectivity index (χ1v) is 9.23. The molecule has 1 aliphatic heterocycles. The van der Waals surface area contributed by atoms with E-state index in [2.05, 4.69) is 16.4 Å². The quantitative estimate of drug-likeness (QED) is 0.804. The summed E-state index contributed by atoms with van der Waals surface area (Å²) < 4.78 is 7.06. The molecular weight excluding hydrogens is 340 g/mol. The van der Waals surface area contributed by atoms with Crippen molar-refractivity contribution < 1.29 is 14.3 Å². The Morgan fingerprint density at radius 1 is 1.48 bits per heavy atom. The van der Waals surface area contributed by atoms with E-state index in [0.29, 0.717) is 26.2 Å². The molecule has 8 heteroatoms. The highest BCUT2D eigenvalue weighted by molar-refractivity contribution is 7.09. The number of ether oxygens (including phenoxy) is 1. The molecule has 134 valence electrons. The number of nitrogens with one attached hydrogen (secondary N) is 1. The highest BCUT2D eigenvalue weighted by atomic mass is 32.1. The zero-order chi connectivity index (χ0) is 17.6. The van der Waals surface area contributed by atoms with Gasteiger partial charge in [-0.25, -0.2) is 4.98 Å². The molecule has 1 aliphatic rings. The minimum absolute atomic E-state index is 0.0390. The van der Waals surface area contributed by atoms with Crippen LogP contribution in [-0.4, -0.2) is 52.6 Å². The van der Waals surface area contributed by atoms with Gasteiger partial charge in [0.15, 0.2) is 0 Å². The maximum absolute atomic E-state index is 12.6. The third kappa shape index (κ3) is 4.26. The van der Waals surface area contributed by atoms with Crippen molar-refractivity contribution in [1.29, 1.82) is 0 Å². The number of carbonyl (C=O) groups is 2. The Bertz CT molecular complexity index is 713. The average Bonchev–Trinajstić information content (AvgIpc) is 3.29. The molecule has 0 saturated carbocycles. The van der Waals surface area contributed by atoms with Crippen LogP contribution < -0.4 is 5.32 Å². The van der Waals surface area contributed by atoms with Crippen LogP contribution in [0.15, 0.2) is 30.0 Å². The van der Waals surface area contributed by atoms with Gasteiger partial charge in [-0.1, -0.05) is 6.07 Å². The second-order valence-electron chi connectivity index (χ2n) is 5.84. The van der Waals surface area contributed by atoms with Gasteiger partial charge >= 0.3 is 0 Å². The number of aromatic nitrogens is 2. The summed E-state index contributed by atoms with van der Waals surface area (Å²) in [6.07, 6.45) is 4.16. The third-order valence-corrected chi connectivity index (χ3v) is 5.10. The number of hydrogen-bond donors (Lipinski definition) is 1. The maximum atomic E-state index is 12.6. The Hall–Kier alpha value is -2.19. The number of rotatable bonds is 7. The molecule has 7 nitrogen and oxygen atoms in total. The summed E-state index contributed by atoms with van der Waals surface area (Å²) in [4.78, 5) is 31.9. The second-order valence-corrected chi connectivity index (χ2v) is 6.87. The fourth-order valence-electron chi connectivity index (χ4n) is 2.85. The minimum atomic E-state index is -0.458. The summed E-state index contributed by atoms with van der Waals surface area (Å²) in [5, 5.41) is 5.00. The van der Waals surface area contributed by atoms with E-state index in [9.17, 15) is 9.59 Å². The second kappa shape index (κ2) is 8.26. The summed E-state index contributed by atoms with van der Waals surface area (Å²) in [6.45, 7) is 3.74. The Morgan fingerprint density at radius 2 is 2.36 bits per heavy atom. The molecule has 2 aromatic heterocycles. The summed E-state index contributed by atoms with van der Waals surface area (Å²) in [5.74, 6) is -0.199. The van der Waals surface area contributed by atoms with Gasteiger partial charge in [-0.3, -0.25) is 9.59 Å². The predicted molar refractivity (Wildman–Crippen MR) is 94.2 cm³/mol. The molecule has 1 N–H and O–H groups in total. The zero-order valence-electron chi connectivity index (χ0n) is 14.2. The first-order chi connectivity index (χ1) is 12.2. The van der Waals surface area contributed by atoms with Crippen molar-refractivity contribution in [3.63, 3.8) is 0 Å². The number of hydrogen-bond acceptors (Lipinski definition) is 5. The van der Waals surface area contributed by atoms with Crippen molar-refractivity contribution >= 4 is 23.2 Å². The van der Waals surface area contributed by atoms with Crippen LogP contribution in [0.4, 0.5) is 0 Å². The van der Waals surface area contributed by atoms with E-state index < -0.39 is 6.04 Å². The van der Waals surface area contributed by atoms with Crippen LogP contribution in [0.1, 0.15) is 23.5 Å². The molecule has 25 heavy (non-hydrogen) atoms. The molecule has 1 atom stereocenters. The van der Waals surface area contributed by atoms with Crippen molar-refractivity contribution in [3.8, 4) is 0 Å². The van der Waals surface area contributed by atoms with Crippen LogP contribution in [0.2, 0.25) is 0 Å². The van der Waals surface area contributed by atoms with Crippen LogP contribution in [-0.2, 0) is 27.3 Å². The topological polar surface area (TPSA) is 76.5 Å². The number of imidazole rings is 1. The fourth-order valence-corrected chi connectivity index (χ4v) is 3.56. The summed E-state index contributed by atoms with van der Waals surface area (Å²) in [5.41, 5.74) is 0.856. The number of carbonyl (C=O) groups excluding carboxylic acids is 2. The van der Waals surface area contributed by atoms with Gasteiger partial charge in [-0.05, 0) is 24.8 Å². The maximum Gasteiger partial charge on any atom is 0.249 e. The van der Waals surface area contributed by atoms with Gasteiger partial charge in [0, 0.05) is 24.2 Å². The average molecular weight is 362 g/mol. The van der Waals surface area contributed by atoms with E-state index in [4.69, 9.17) is 4.74 Å². The highest BCUT2D eigenvalue weighted by Gasteiger charge is 2.32. The summed E-state index contributed by atoms with van der Waals surface area (Å²) in [6, 6.07) is 3.60. The van der Waals surface area contributed by atoms with E-state index >= 15 is 0 Å². The first-order valence-electron chi connectivity index (χ1n) is 8.35. The lowest BCUT2D eigenvalue weighted by Gasteiger charge is -2.33. The van der Waals surface area contributed by atoms with Gasteiger partial charge < -0.3 is 19.5 Å². The lowest BCUT2D eigenvalue weighted by atomic mass is 10.1. The minimum Gasteiger partial charge on any atom is -0.372 e. The van der Waals surface area contributed by atoms with Gasteiger partial charge in [-0.2, -0.15) is 0 Å². The Labute approximate surface area is 150 Å². The number of fused-ring (bicyclic) bond motifs is 1. The summed E-state index contributed by atoms with van der Waals surface area (Å²) >= 11 is 1.68. The van der Waals surface area contributed by atoms with Crippen molar-refractivity contribution in [2.45, 2.75) is 25.9 Å². The fraction of sp³-hybridized carbons (Fsp3) is 0.471. The number of nitrogens with zero attached hydrogens (tertiary/aromatic N) is 3. The molecule has 0 fully saturated rings. The van der Waals surface area contributed by atoms with Gasteiger partial charge in [0.05, 0.1) is 25.1 Å². The van der Waals surface area contributed by atoms with Crippen LogP contribution in [0.3, 0.4) is 0 Å². The SMILES string of the molecule is CCOCC(=O)N1Cc2cncn2[C@H](C(=O)NCCc2cccs2)C1. The van der Waals surface area contributed by atoms with Gasteiger partial charge in [0.25, 0.3) is 0 Å². The Kier molecular flexibility index (Phi) is 5.83. The smallest absolute Gasteiger partial charge is 0.249 e. The van der Waals surface area contributed by atoms with Crippen LogP contribution in [0, 0.1) is 0 Å². The third-order valence-electron chi connectivity index (χ3n) is 4.16. The molecule has 3 rings (SSSR count). The normalized spacial score (nSPS) is 16.5. The van der Waals surface area contributed by atoms with E-state index in [1.54, 1.807) is 28.8 Å². The first kappa shape index (κ1) is 17.6. The molecule has 0 unspecified atom stereocenters. The summed E-state index contributed by atoms with van der Waals surface area (Å²) in [7, 11) is 0. The lowest BCUT2D eigenvalue weighted by Crippen LogP contribution is -2.47. The Morgan fingerprint density at radius 3 is 3.12 bits per heavy atom. The molecular formula is C17H22N4O3S. The molecule has 2 amide bonds. The molecule has 3 heterocycles. The molecule has 0 spiro atoms. The molecule has 0 bridgehead atoms. The van der Waals surface area contributed by atoms with E-state index in [-0.39, 0.29) is 18.4 Å². The van der Waals surface area contributed by atoms with Crippen molar-refractivity contribution in [2.24, 2.45) is 0 Å². The monoisotopic (exact) mass is 362 g/mol. The molecule has 0 aliphatic carbocycles. The van der Waals surface area contributed by atoms with Crippen LogP contribution >= 0.6 is 11.3 Å². The highest BCUT2D eigenvalue weighted by Crippen LogP contribution is 2.21. The van der Waals surface area contributed by atoms with E-state index in [1.807, 2.05) is 22.9 Å². The largest absolute Gasteiger partial charge is 0.372 e. The van der Waals surface area contributed by atoms with Crippen LogP contribution in [0.5, 0.6) is 0 Å². The number of amides is 2. The predicted octanol–water partition coefficient (Wildman–Crippen LogP) is 1.22. The van der Waals surface area contributed by atoms with Crippen molar-refractivity contribution in [2.75, 3.05) is 26.3 Å². The van der Waals surface area contributed by atoms with Gasteiger partial charge in [0.1, 0.15) is 12.6 Å². The molecule has 0 radical (unpaired) electrons. The zero-order valence-corrected chi connectivity index (χ0v) is 15.0. The van der Waals surface area contributed by atoms with E-state index in [0.717, 1.165) is 12.1 Å². The molecule has 0 saturated heterocycles. The van der Waals surface area contributed by atoms with Crippen molar-refractivity contribution in [1.82, 2.24) is 19.8 Å². The lowest BCUT2D eigenvalue weighted by molar-refractivity contribution is -0.139. The number of thiophene rings is 1. The standard InChI is InChI=1S/C17H22N4O3S/c1-2-24-11-16(22)20-9-13-8-18-12-21(13)15(10-20)17(23)19-6-5-14-4-3-7-25-14/h3-4,7-8,12,15H,2,5-6,9-11H2,1H3,(H,19,23)/t15-/m0/s1. The molecule has 0 aromatic carbocycles. The van der Waals surface area contributed by atoms with Crippen LogP contribution in [0.25, 0.3) is 0 Å². The van der Waals surface area contributed by atoms with E-state index in [1.165, 1.54) is 4.88 Å². The van der Waals surface area contributed by atoms with Gasteiger partial charge in [-0.15, -0.1) is 11.3 Å². The Balaban J connectivity index is 1.62. The molecule has 2 aromatic rings. The van der Waals surface area contributed by atoms with Gasteiger partial charge in [0.2, 0.25) is 11.8 Å².